The number of nitrogens with zero attached hydrogens (tertiary/aromatic N) is 3. The van der Waals surface area contributed by atoms with Crippen molar-refractivity contribution in [2.75, 3.05) is 30.0 Å². The monoisotopic (exact) mass is 441 g/mol. The van der Waals surface area contributed by atoms with E-state index in [1.807, 2.05) is 47.5 Å². The Bertz CT molecular complexity index is 1140. The van der Waals surface area contributed by atoms with Crippen LogP contribution in [0.1, 0.15) is 49.3 Å². The second-order valence-corrected chi connectivity index (χ2v) is 8.98. The van der Waals surface area contributed by atoms with Crippen LogP contribution in [0.3, 0.4) is 0 Å². The standard InChI is InChI=1S/C28H31N3O2/c1-3-4-18-30-19-8-16-28(24-10-7-17-29-26(24)30)23-9-5-6-11-25(23)31(27(28)32)20-21-12-14-22(33-2)15-13-21/h5-7,9-15,17H,3-4,8,16,18-20H2,1-2H3. The topological polar surface area (TPSA) is 45.7 Å². The number of carbonyl (C=O) groups is 1. The van der Waals surface area contributed by atoms with Gasteiger partial charge in [-0.3, -0.25) is 4.79 Å². The van der Waals surface area contributed by atoms with Crippen molar-refractivity contribution in [2.45, 2.75) is 44.6 Å². The number of carbonyl (C=O) groups excluding carboxylic acids is 1. The molecule has 1 spiro atoms. The predicted molar refractivity (Wildman–Crippen MR) is 132 cm³/mol. The summed E-state index contributed by atoms with van der Waals surface area (Å²) in [6.07, 6.45) is 5.87. The molecule has 33 heavy (non-hydrogen) atoms. The number of amides is 1. The third kappa shape index (κ3) is 3.56. The first-order valence-electron chi connectivity index (χ1n) is 11.9. The molecule has 1 aromatic heterocycles. The number of benzene rings is 2. The van der Waals surface area contributed by atoms with Gasteiger partial charge in [-0.2, -0.15) is 0 Å². The van der Waals surface area contributed by atoms with E-state index in [9.17, 15) is 4.79 Å². The molecule has 1 amide bonds. The summed E-state index contributed by atoms with van der Waals surface area (Å²) < 4.78 is 5.31. The minimum Gasteiger partial charge on any atom is -0.497 e. The third-order valence-corrected chi connectivity index (χ3v) is 7.07. The smallest absolute Gasteiger partial charge is 0.242 e. The van der Waals surface area contributed by atoms with E-state index in [-0.39, 0.29) is 5.91 Å². The molecule has 2 aromatic carbocycles. The SMILES string of the molecule is CCCCN1CCCC2(C(=O)N(Cc3ccc(OC)cc3)c3ccccc32)c2cccnc21. The van der Waals surface area contributed by atoms with Crippen LogP contribution in [0.4, 0.5) is 11.5 Å². The summed E-state index contributed by atoms with van der Waals surface area (Å²) in [5.41, 5.74) is 3.56. The van der Waals surface area contributed by atoms with Crippen molar-refractivity contribution in [3.05, 3.63) is 83.6 Å². The molecule has 5 nitrogen and oxygen atoms in total. The zero-order valence-corrected chi connectivity index (χ0v) is 19.5. The molecule has 3 heterocycles. The molecule has 0 saturated heterocycles. The lowest BCUT2D eigenvalue weighted by molar-refractivity contribution is -0.122. The van der Waals surface area contributed by atoms with Gasteiger partial charge < -0.3 is 14.5 Å². The minimum atomic E-state index is -0.687. The first kappa shape index (κ1) is 21.5. The maximum absolute atomic E-state index is 14.4. The molecule has 0 saturated carbocycles. The van der Waals surface area contributed by atoms with Crippen molar-refractivity contribution in [2.24, 2.45) is 0 Å². The number of para-hydroxylation sites is 1. The van der Waals surface area contributed by atoms with Gasteiger partial charge in [0, 0.05) is 30.5 Å². The van der Waals surface area contributed by atoms with Gasteiger partial charge >= 0.3 is 0 Å². The van der Waals surface area contributed by atoms with Gasteiger partial charge in [-0.25, -0.2) is 4.98 Å². The molecular weight excluding hydrogens is 410 g/mol. The molecule has 170 valence electrons. The summed E-state index contributed by atoms with van der Waals surface area (Å²) in [7, 11) is 1.67. The Morgan fingerprint density at radius 2 is 1.82 bits per heavy atom. The molecule has 2 aliphatic heterocycles. The maximum atomic E-state index is 14.4. The van der Waals surface area contributed by atoms with Crippen molar-refractivity contribution < 1.29 is 9.53 Å². The van der Waals surface area contributed by atoms with Crippen molar-refractivity contribution in [3.8, 4) is 5.75 Å². The third-order valence-electron chi connectivity index (χ3n) is 7.07. The molecule has 5 heteroatoms. The summed E-state index contributed by atoms with van der Waals surface area (Å²) >= 11 is 0. The van der Waals surface area contributed by atoms with Crippen LogP contribution in [-0.4, -0.2) is 31.1 Å². The van der Waals surface area contributed by atoms with Crippen LogP contribution in [-0.2, 0) is 16.8 Å². The summed E-state index contributed by atoms with van der Waals surface area (Å²) in [6.45, 7) is 4.66. The molecule has 1 unspecified atom stereocenters. The number of ether oxygens (including phenoxy) is 1. The van der Waals surface area contributed by atoms with Crippen molar-refractivity contribution in [1.29, 1.82) is 0 Å². The second-order valence-electron chi connectivity index (χ2n) is 8.98. The average molecular weight is 442 g/mol. The zero-order chi connectivity index (χ0) is 22.8. The Morgan fingerprint density at radius 3 is 2.61 bits per heavy atom. The number of hydrogen-bond acceptors (Lipinski definition) is 4. The number of aromatic nitrogens is 1. The fraction of sp³-hybridized carbons (Fsp3) is 0.357. The van der Waals surface area contributed by atoms with Gasteiger partial charge in [-0.15, -0.1) is 0 Å². The van der Waals surface area contributed by atoms with Crippen LogP contribution in [0.15, 0.2) is 66.9 Å². The highest BCUT2D eigenvalue weighted by Crippen LogP contribution is 2.52. The van der Waals surface area contributed by atoms with E-state index in [2.05, 4.69) is 36.1 Å². The number of pyridine rings is 1. The van der Waals surface area contributed by atoms with Gasteiger partial charge in [0.1, 0.15) is 17.0 Å². The molecule has 3 aromatic rings. The van der Waals surface area contributed by atoms with Crippen molar-refractivity contribution in [3.63, 3.8) is 0 Å². The van der Waals surface area contributed by atoms with Crippen LogP contribution in [0, 0.1) is 0 Å². The molecule has 0 radical (unpaired) electrons. The number of hydrogen-bond donors (Lipinski definition) is 0. The molecule has 5 rings (SSSR count). The lowest BCUT2D eigenvalue weighted by atomic mass is 9.72. The Labute approximate surface area is 196 Å². The van der Waals surface area contributed by atoms with Gasteiger partial charge in [0.15, 0.2) is 0 Å². The minimum absolute atomic E-state index is 0.158. The molecule has 0 N–H and O–H groups in total. The summed E-state index contributed by atoms with van der Waals surface area (Å²) in [6, 6.07) is 20.4. The fourth-order valence-electron chi connectivity index (χ4n) is 5.42. The van der Waals surface area contributed by atoms with E-state index < -0.39 is 5.41 Å². The molecule has 2 aliphatic rings. The maximum Gasteiger partial charge on any atom is 0.242 e. The van der Waals surface area contributed by atoms with E-state index in [1.165, 1.54) is 0 Å². The summed E-state index contributed by atoms with van der Waals surface area (Å²) in [5, 5.41) is 0. The highest BCUT2D eigenvalue weighted by atomic mass is 16.5. The quantitative estimate of drug-likeness (QED) is 0.519. The number of fused-ring (bicyclic) bond motifs is 4. The number of unbranched alkanes of at least 4 members (excludes halogenated alkanes) is 1. The van der Waals surface area contributed by atoms with E-state index in [0.29, 0.717) is 6.54 Å². The van der Waals surface area contributed by atoms with Gasteiger partial charge in [-0.1, -0.05) is 49.7 Å². The molecule has 0 aliphatic carbocycles. The molecule has 0 bridgehead atoms. The van der Waals surface area contributed by atoms with Gasteiger partial charge in [-0.05, 0) is 54.7 Å². The van der Waals surface area contributed by atoms with E-state index in [4.69, 9.17) is 9.72 Å². The lowest BCUT2D eigenvalue weighted by Gasteiger charge is -2.30. The predicted octanol–water partition coefficient (Wildman–Crippen LogP) is 5.32. The number of methoxy groups -OCH3 is 1. The first-order chi connectivity index (χ1) is 16.2. The average Bonchev–Trinajstić information content (AvgIpc) is 2.99. The molecular formula is C28H31N3O2. The highest BCUT2D eigenvalue weighted by Gasteiger charge is 2.53. The van der Waals surface area contributed by atoms with E-state index in [0.717, 1.165) is 72.7 Å². The number of rotatable bonds is 6. The van der Waals surface area contributed by atoms with Crippen LogP contribution < -0.4 is 14.5 Å². The van der Waals surface area contributed by atoms with Gasteiger partial charge in [0.05, 0.1) is 13.7 Å². The van der Waals surface area contributed by atoms with Crippen LogP contribution >= 0.6 is 0 Å². The molecule has 0 fully saturated rings. The second kappa shape index (κ2) is 8.89. The van der Waals surface area contributed by atoms with E-state index in [1.54, 1.807) is 7.11 Å². The summed E-state index contributed by atoms with van der Waals surface area (Å²) in [4.78, 5) is 23.5. The normalized spacial score (nSPS) is 19.4. The van der Waals surface area contributed by atoms with Crippen LogP contribution in [0.25, 0.3) is 0 Å². The van der Waals surface area contributed by atoms with Crippen molar-refractivity contribution in [1.82, 2.24) is 4.98 Å². The van der Waals surface area contributed by atoms with E-state index >= 15 is 0 Å². The Hall–Kier alpha value is -3.34. The Morgan fingerprint density at radius 1 is 1.03 bits per heavy atom. The van der Waals surface area contributed by atoms with Gasteiger partial charge in [0.2, 0.25) is 5.91 Å². The van der Waals surface area contributed by atoms with Gasteiger partial charge in [0.25, 0.3) is 0 Å². The van der Waals surface area contributed by atoms with Crippen LogP contribution in [0.5, 0.6) is 5.75 Å². The summed E-state index contributed by atoms with van der Waals surface area (Å²) in [5.74, 6) is 1.95. The van der Waals surface area contributed by atoms with Crippen LogP contribution in [0.2, 0.25) is 0 Å². The highest BCUT2D eigenvalue weighted by molar-refractivity contribution is 6.11. The zero-order valence-electron chi connectivity index (χ0n) is 19.5. The Balaban J connectivity index is 1.60. The lowest BCUT2D eigenvalue weighted by Crippen LogP contribution is -2.41. The fourth-order valence-corrected chi connectivity index (χ4v) is 5.42. The number of anilines is 2. The Kier molecular flexibility index (Phi) is 5.79. The first-order valence-corrected chi connectivity index (χ1v) is 11.9. The molecule has 1 atom stereocenters. The van der Waals surface area contributed by atoms with Crippen molar-refractivity contribution >= 4 is 17.4 Å². The largest absolute Gasteiger partial charge is 0.497 e.